The van der Waals surface area contributed by atoms with Crippen LogP contribution in [-0.4, -0.2) is 64.2 Å². The van der Waals surface area contributed by atoms with Crippen LogP contribution in [0.5, 0.6) is 11.5 Å². The molecule has 0 bridgehead atoms. The maximum absolute atomic E-state index is 14.2. The Morgan fingerprint density at radius 2 is 1.67 bits per heavy atom. The van der Waals surface area contributed by atoms with E-state index in [1.165, 1.54) is 28.8 Å². The van der Waals surface area contributed by atoms with Crippen LogP contribution < -0.4 is 19.1 Å². The number of hydrogen-bond donors (Lipinski definition) is 1. The van der Waals surface area contributed by atoms with Gasteiger partial charge >= 0.3 is 0 Å². The minimum atomic E-state index is -4.22. The second-order valence-corrected chi connectivity index (χ2v) is 13.0. The predicted octanol–water partition coefficient (Wildman–Crippen LogP) is 5.20. The van der Waals surface area contributed by atoms with Gasteiger partial charge in [0.15, 0.2) is 0 Å². The molecule has 1 N–H and O–H groups in total. The number of sulfonamides is 1. The molecule has 0 aromatic heterocycles. The molecular weight excluding hydrogens is 587 g/mol. The second-order valence-electron chi connectivity index (χ2n) is 10.3. The number of methoxy groups -OCH3 is 1. The van der Waals surface area contributed by atoms with E-state index in [0.717, 1.165) is 14.8 Å². The maximum atomic E-state index is 14.2. The van der Waals surface area contributed by atoms with E-state index in [-0.39, 0.29) is 29.0 Å². The highest BCUT2D eigenvalue weighted by molar-refractivity contribution is 7.98. The van der Waals surface area contributed by atoms with Crippen molar-refractivity contribution in [3.05, 3.63) is 78.4 Å². The van der Waals surface area contributed by atoms with E-state index >= 15 is 0 Å². The van der Waals surface area contributed by atoms with Gasteiger partial charge in [0, 0.05) is 18.0 Å². The van der Waals surface area contributed by atoms with Crippen LogP contribution in [0.15, 0.2) is 82.6 Å². The summed E-state index contributed by atoms with van der Waals surface area (Å²) in [5.41, 5.74) is 0.956. The zero-order chi connectivity index (χ0) is 31.6. The number of ether oxygens (including phenoxy) is 2. The van der Waals surface area contributed by atoms with Crippen LogP contribution >= 0.6 is 11.8 Å². The van der Waals surface area contributed by atoms with Gasteiger partial charge in [-0.25, -0.2) is 8.42 Å². The Morgan fingerprint density at radius 3 is 2.30 bits per heavy atom. The molecule has 11 heteroatoms. The van der Waals surface area contributed by atoms with Gasteiger partial charge in [-0.3, -0.25) is 13.9 Å². The van der Waals surface area contributed by atoms with Crippen molar-refractivity contribution in [2.75, 3.05) is 37.4 Å². The Morgan fingerprint density at radius 1 is 0.977 bits per heavy atom. The number of carbonyl (C=O) groups is 2. The second kappa shape index (κ2) is 15.7. The molecule has 1 atom stereocenters. The monoisotopic (exact) mass is 627 g/mol. The van der Waals surface area contributed by atoms with Crippen LogP contribution in [0.25, 0.3) is 0 Å². The van der Waals surface area contributed by atoms with Crippen LogP contribution in [-0.2, 0) is 26.2 Å². The molecule has 3 rings (SSSR count). The zero-order valence-electron chi connectivity index (χ0n) is 25.6. The van der Waals surface area contributed by atoms with E-state index < -0.39 is 28.5 Å². The molecule has 0 aliphatic carbocycles. The van der Waals surface area contributed by atoms with Gasteiger partial charge in [-0.2, -0.15) is 0 Å². The van der Waals surface area contributed by atoms with Gasteiger partial charge in [0.05, 0.1) is 24.3 Å². The number of anilines is 1. The Bertz CT molecular complexity index is 1480. The maximum Gasteiger partial charge on any atom is 0.264 e. The Hall–Kier alpha value is -3.70. The fourth-order valence-corrected chi connectivity index (χ4v) is 6.16. The van der Waals surface area contributed by atoms with Crippen molar-refractivity contribution in [1.82, 2.24) is 10.2 Å². The minimum Gasteiger partial charge on any atom is -0.497 e. The summed E-state index contributed by atoms with van der Waals surface area (Å²) in [5, 5.41) is 2.89. The van der Waals surface area contributed by atoms with Gasteiger partial charge in [0.25, 0.3) is 10.0 Å². The normalized spacial score (nSPS) is 12.0. The molecule has 0 saturated heterocycles. The van der Waals surface area contributed by atoms with Crippen molar-refractivity contribution < 1.29 is 27.5 Å². The van der Waals surface area contributed by atoms with Crippen LogP contribution in [0, 0.1) is 5.92 Å². The summed E-state index contributed by atoms with van der Waals surface area (Å²) in [7, 11) is -2.67. The fraction of sp³-hybridized carbons (Fsp3) is 0.375. The summed E-state index contributed by atoms with van der Waals surface area (Å²) in [6.07, 6.45) is 1.90. The fourth-order valence-electron chi connectivity index (χ4n) is 4.33. The number of benzene rings is 3. The molecule has 43 heavy (non-hydrogen) atoms. The van der Waals surface area contributed by atoms with E-state index in [1.807, 2.05) is 26.2 Å². The largest absolute Gasteiger partial charge is 0.497 e. The first kappa shape index (κ1) is 33.8. The van der Waals surface area contributed by atoms with E-state index in [2.05, 4.69) is 5.32 Å². The van der Waals surface area contributed by atoms with Gasteiger partial charge < -0.3 is 19.7 Å². The molecule has 0 radical (unpaired) electrons. The van der Waals surface area contributed by atoms with Crippen molar-refractivity contribution in [2.24, 2.45) is 5.92 Å². The summed E-state index contributed by atoms with van der Waals surface area (Å²) in [6, 6.07) is 19.5. The SMILES string of the molecule is CCOc1ccccc1N(CC(=O)N(Cc1cccc(OC)c1)[C@H](C)C(=O)NCC(C)C)S(=O)(=O)c1ccc(SC)cc1. The first-order valence-electron chi connectivity index (χ1n) is 14.1. The number of para-hydroxylation sites is 2. The van der Waals surface area contributed by atoms with Crippen molar-refractivity contribution in [1.29, 1.82) is 0 Å². The Balaban J connectivity index is 2.08. The van der Waals surface area contributed by atoms with Crippen molar-refractivity contribution in [3.8, 4) is 11.5 Å². The van der Waals surface area contributed by atoms with Gasteiger partial charge in [-0.05, 0) is 80.1 Å². The lowest BCUT2D eigenvalue weighted by Gasteiger charge is -2.32. The molecule has 2 amide bonds. The van der Waals surface area contributed by atoms with E-state index in [0.29, 0.717) is 24.7 Å². The molecule has 0 unspecified atom stereocenters. The predicted molar refractivity (Wildman–Crippen MR) is 171 cm³/mol. The lowest BCUT2D eigenvalue weighted by Crippen LogP contribution is -2.51. The zero-order valence-corrected chi connectivity index (χ0v) is 27.2. The van der Waals surface area contributed by atoms with Crippen LogP contribution in [0.1, 0.15) is 33.3 Å². The van der Waals surface area contributed by atoms with Gasteiger partial charge in [0.2, 0.25) is 11.8 Å². The number of thioether (sulfide) groups is 1. The first-order chi connectivity index (χ1) is 20.5. The Kier molecular flexibility index (Phi) is 12.3. The number of amides is 2. The summed E-state index contributed by atoms with van der Waals surface area (Å²) < 4.78 is 40.5. The third-order valence-electron chi connectivity index (χ3n) is 6.70. The Labute approximate surface area is 259 Å². The van der Waals surface area contributed by atoms with E-state index in [1.54, 1.807) is 75.6 Å². The van der Waals surface area contributed by atoms with E-state index in [4.69, 9.17) is 9.47 Å². The molecule has 0 aliphatic heterocycles. The molecule has 0 saturated carbocycles. The van der Waals surface area contributed by atoms with Gasteiger partial charge in [-0.15, -0.1) is 11.8 Å². The molecule has 0 aliphatic rings. The van der Waals surface area contributed by atoms with Crippen LogP contribution in [0.4, 0.5) is 5.69 Å². The lowest BCUT2D eigenvalue weighted by atomic mass is 10.1. The smallest absolute Gasteiger partial charge is 0.264 e. The standard InChI is InChI=1S/C32H41N3O6S2/c1-7-41-30-14-9-8-13-29(30)35(43(38,39)28-17-15-27(42-6)16-18-28)22-31(36)34(24(4)32(37)33-20-23(2)3)21-25-11-10-12-26(19-25)40-5/h8-19,23-24H,7,20-22H2,1-6H3,(H,33,37)/t24-/m1/s1. The van der Waals surface area contributed by atoms with Crippen LogP contribution in [0.2, 0.25) is 0 Å². The highest BCUT2D eigenvalue weighted by atomic mass is 32.2. The van der Waals surface area contributed by atoms with Gasteiger partial charge in [0.1, 0.15) is 24.1 Å². The molecule has 0 heterocycles. The van der Waals surface area contributed by atoms with Crippen molar-refractivity contribution in [2.45, 2.75) is 50.1 Å². The molecule has 0 fully saturated rings. The van der Waals surface area contributed by atoms with Crippen molar-refractivity contribution in [3.63, 3.8) is 0 Å². The average Bonchev–Trinajstić information content (AvgIpc) is 3.01. The molecule has 3 aromatic carbocycles. The van der Waals surface area contributed by atoms with Crippen molar-refractivity contribution >= 4 is 39.3 Å². The minimum absolute atomic E-state index is 0.0338. The molecule has 0 spiro atoms. The molecular formula is C32H41N3O6S2. The quantitative estimate of drug-likeness (QED) is 0.231. The average molecular weight is 628 g/mol. The third kappa shape index (κ3) is 8.90. The summed E-state index contributed by atoms with van der Waals surface area (Å²) in [5.74, 6) is 0.258. The number of nitrogens with one attached hydrogen (secondary N) is 1. The molecule has 9 nitrogen and oxygen atoms in total. The number of hydrogen-bond acceptors (Lipinski definition) is 7. The summed E-state index contributed by atoms with van der Waals surface area (Å²) in [6.45, 7) is 7.66. The summed E-state index contributed by atoms with van der Waals surface area (Å²) in [4.78, 5) is 29.7. The lowest BCUT2D eigenvalue weighted by molar-refractivity contribution is -0.139. The third-order valence-corrected chi connectivity index (χ3v) is 9.22. The molecule has 3 aromatic rings. The number of carbonyl (C=O) groups excluding carboxylic acids is 2. The first-order valence-corrected chi connectivity index (χ1v) is 16.8. The molecule has 232 valence electrons. The number of rotatable bonds is 15. The number of nitrogens with zero attached hydrogens (tertiary/aromatic N) is 2. The summed E-state index contributed by atoms with van der Waals surface area (Å²) >= 11 is 1.50. The highest BCUT2D eigenvalue weighted by Gasteiger charge is 2.34. The van der Waals surface area contributed by atoms with Gasteiger partial charge in [-0.1, -0.05) is 38.1 Å². The van der Waals surface area contributed by atoms with Crippen LogP contribution in [0.3, 0.4) is 0 Å². The van der Waals surface area contributed by atoms with E-state index in [9.17, 15) is 18.0 Å². The highest BCUT2D eigenvalue weighted by Crippen LogP contribution is 2.33. The topological polar surface area (TPSA) is 105 Å².